The van der Waals surface area contributed by atoms with Gasteiger partial charge in [0.2, 0.25) is 0 Å². The van der Waals surface area contributed by atoms with Gasteiger partial charge in [-0.15, -0.1) is 0 Å². The first kappa shape index (κ1) is 14.6. The quantitative estimate of drug-likeness (QED) is 0.815. The number of benzene rings is 1. The molecule has 2 aromatic rings. The van der Waals surface area contributed by atoms with Crippen LogP contribution in [-0.2, 0) is 0 Å². The van der Waals surface area contributed by atoms with E-state index in [-0.39, 0.29) is 12.0 Å². The van der Waals surface area contributed by atoms with E-state index >= 15 is 0 Å². The fourth-order valence-electron chi connectivity index (χ4n) is 2.31. The van der Waals surface area contributed by atoms with Gasteiger partial charge in [0.25, 0.3) is 0 Å². The fourth-order valence-corrected chi connectivity index (χ4v) is 2.31. The van der Waals surface area contributed by atoms with Gasteiger partial charge in [0.05, 0.1) is 24.3 Å². The lowest BCUT2D eigenvalue weighted by molar-refractivity contribution is 0.127. The molecular weight excluding hydrogens is 250 g/mol. The van der Waals surface area contributed by atoms with Crippen molar-refractivity contribution in [1.82, 2.24) is 9.55 Å². The van der Waals surface area contributed by atoms with E-state index in [2.05, 4.69) is 36.3 Å². The van der Waals surface area contributed by atoms with Gasteiger partial charge < -0.3 is 15.0 Å². The number of hydrogen-bond donors (Lipinski definition) is 2. The normalized spacial score (nSPS) is 11.6. The van der Waals surface area contributed by atoms with Crippen molar-refractivity contribution >= 4 is 5.69 Å². The summed E-state index contributed by atoms with van der Waals surface area (Å²) in [4.78, 5) is 4.09. The predicted molar refractivity (Wildman–Crippen MR) is 82.2 cm³/mol. The van der Waals surface area contributed by atoms with E-state index < -0.39 is 0 Å². The molecule has 0 atom stereocenters. The van der Waals surface area contributed by atoms with Crippen LogP contribution in [0.5, 0.6) is 0 Å². The highest BCUT2D eigenvalue weighted by Gasteiger charge is 2.25. The number of nitrogens with one attached hydrogen (secondary N) is 1. The van der Waals surface area contributed by atoms with E-state index in [1.54, 1.807) is 12.5 Å². The minimum Gasteiger partial charge on any atom is -0.396 e. The zero-order valence-corrected chi connectivity index (χ0v) is 12.2. The molecule has 1 aromatic carbocycles. The number of rotatable bonds is 7. The second kappa shape index (κ2) is 6.57. The van der Waals surface area contributed by atoms with Gasteiger partial charge in [-0.2, -0.15) is 0 Å². The third kappa shape index (κ3) is 3.02. The van der Waals surface area contributed by atoms with Crippen molar-refractivity contribution in [2.45, 2.75) is 26.7 Å². The highest BCUT2D eigenvalue weighted by Crippen LogP contribution is 2.27. The van der Waals surface area contributed by atoms with E-state index in [1.165, 1.54) is 0 Å². The van der Waals surface area contributed by atoms with Crippen molar-refractivity contribution < 1.29 is 5.11 Å². The van der Waals surface area contributed by atoms with E-state index in [0.29, 0.717) is 0 Å². The Morgan fingerprint density at radius 1 is 1.25 bits per heavy atom. The molecule has 0 aliphatic heterocycles. The molecule has 2 N–H and O–H groups in total. The molecule has 0 spiro atoms. The van der Waals surface area contributed by atoms with Crippen molar-refractivity contribution in [3.63, 3.8) is 0 Å². The molecule has 0 bridgehead atoms. The zero-order valence-electron chi connectivity index (χ0n) is 12.2. The van der Waals surface area contributed by atoms with Crippen molar-refractivity contribution in [2.75, 3.05) is 18.5 Å². The monoisotopic (exact) mass is 273 g/mol. The van der Waals surface area contributed by atoms with Gasteiger partial charge in [0, 0.05) is 24.4 Å². The lowest BCUT2D eigenvalue weighted by atomic mass is 9.83. The van der Waals surface area contributed by atoms with Crippen LogP contribution in [0.25, 0.3) is 5.69 Å². The maximum Gasteiger partial charge on any atom is 0.0992 e. The standard InChI is InChI=1S/C16H23N3O/c1-3-16(4-2,12-20)11-18-14-7-5-6-8-15(14)19-10-9-17-13-19/h5-10,13,18,20H,3-4,11-12H2,1-2H3. The molecule has 0 radical (unpaired) electrons. The average molecular weight is 273 g/mol. The molecule has 1 heterocycles. The Hall–Kier alpha value is -1.81. The summed E-state index contributed by atoms with van der Waals surface area (Å²) in [7, 11) is 0. The van der Waals surface area contributed by atoms with E-state index in [4.69, 9.17) is 0 Å². The SMILES string of the molecule is CCC(CC)(CO)CNc1ccccc1-n1ccnc1. The van der Waals surface area contributed by atoms with Crippen LogP contribution >= 0.6 is 0 Å². The van der Waals surface area contributed by atoms with Crippen LogP contribution in [0, 0.1) is 5.41 Å². The second-order valence-electron chi connectivity index (χ2n) is 5.21. The summed E-state index contributed by atoms with van der Waals surface area (Å²) in [5, 5.41) is 13.1. The van der Waals surface area contributed by atoms with E-state index in [0.717, 1.165) is 30.8 Å². The maximum absolute atomic E-state index is 9.65. The summed E-state index contributed by atoms with van der Waals surface area (Å²) >= 11 is 0. The van der Waals surface area contributed by atoms with Crippen LogP contribution in [0.2, 0.25) is 0 Å². The highest BCUT2D eigenvalue weighted by atomic mass is 16.3. The summed E-state index contributed by atoms with van der Waals surface area (Å²) in [6.07, 6.45) is 7.41. The molecule has 2 rings (SSSR count). The summed E-state index contributed by atoms with van der Waals surface area (Å²) in [6, 6.07) is 8.14. The van der Waals surface area contributed by atoms with Crippen LogP contribution in [0.4, 0.5) is 5.69 Å². The molecule has 0 saturated heterocycles. The number of anilines is 1. The average Bonchev–Trinajstić information content (AvgIpc) is 3.04. The van der Waals surface area contributed by atoms with Crippen LogP contribution in [-0.4, -0.2) is 27.8 Å². The second-order valence-corrected chi connectivity index (χ2v) is 5.21. The Morgan fingerprint density at radius 2 is 2.00 bits per heavy atom. The molecule has 0 saturated carbocycles. The van der Waals surface area contributed by atoms with Gasteiger partial charge in [-0.25, -0.2) is 4.98 Å². The molecule has 4 heteroatoms. The molecule has 0 fully saturated rings. The smallest absolute Gasteiger partial charge is 0.0992 e. The Kier molecular flexibility index (Phi) is 4.79. The summed E-state index contributed by atoms with van der Waals surface area (Å²) in [5.74, 6) is 0. The summed E-state index contributed by atoms with van der Waals surface area (Å²) in [6.45, 7) is 5.23. The number of imidazole rings is 1. The third-order valence-corrected chi connectivity index (χ3v) is 4.18. The molecule has 4 nitrogen and oxygen atoms in total. The van der Waals surface area contributed by atoms with Gasteiger partial charge in [0.1, 0.15) is 0 Å². The van der Waals surface area contributed by atoms with Gasteiger partial charge >= 0.3 is 0 Å². The van der Waals surface area contributed by atoms with Crippen LogP contribution in [0.3, 0.4) is 0 Å². The Balaban J connectivity index is 2.18. The molecule has 0 aliphatic carbocycles. The number of hydrogen-bond acceptors (Lipinski definition) is 3. The van der Waals surface area contributed by atoms with E-state index in [9.17, 15) is 5.11 Å². The van der Waals surface area contributed by atoms with Crippen molar-refractivity contribution in [3.8, 4) is 5.69 Å². The summed E-state index contributed by atoms with van der Waals surface area (Å²) < 4.78 is 1.99. The van der Waals surface area contributed by atoms with Gasteiger partial charge in [0.15, 0.2) is 0 Å². The number of aliphatic hydroxyl groups excluding tert-OH is 1. The number of aromatic nitrogens is 2. The number of para-hydroxylation sites is 2. The minimum atomic E-state index is -0.0535. The molecular formula is C16H23N3O. The fraction of sp³-hybridized carbons (Fsp3) is 0.438. The van der Waals surface area contributed by atoms with Crippen LogP contribution in [0.1, 0.15) is 26.7 Å². The van der Waals surface area contributed by atoms with Gasteiger partial charge in [-0.1, -0.05) is 26.0 Å². The zero-order chi connectivity index (χ0) is 14.4. The first-order chi connectivity index (χ1) is 9.74. The Bertz CT molecular complexity index is 510. The molecule has 0 amide bonds. The van der Waals surface area contributed by atoms with E-state index in [1.807, 2.05) is 22.9 Å². The predicted octanol–water partition coefficient (Wildman–Crippen LogP) is 3.08. The minimum absolute atomic E-state index is 0.0535. The maximum atomic E-state index is 9.65. The van der Waals surface area contributed by atoms with Gasteiger partial charge in [-0.3, -0.25) is 0 Å². The lowest BCUT2D eigenvalue weighted by Gasteiger charge is -2.30. The van der Waals surface area contributed by atoms with Crippen LogP contribution in [0.15, 0.2) is 43.0 Å². The molecule has 20 heavy (non-hydrogen) atoms. The first-order valence-electron chi connectivity index (χ1n) is 7.17. The molecule has 0 unspecified atom stereocenters. The number of nitrogens with zero attached hydrogens (tertiary/aromatic N) is 2. The lowest BCUT2D eigenvalue weighted by Crippen LogP contribution is -2.32. The molecule has 0 aliphatic rings. The first-order valence-corrected chi connectivity index (χ1v) is 7.17. The third-order valence-electron chi connectivity index (χ3n) is 4.18. The molecule has 1 aromatic heterocycles. The topological polar surface area (TPSA) is 50.1 Å². The number of aliphatic hydroxyl groups is 1. The summed E-state index contributed by atoms with van der Waals surface area (Å²) in [5.41, 5.74) is 2.08. The Morgan fingerprint density at radius 3 is 2.60 bits per heavy atom. The van der Waals surface area contributed by atoms with Crippen molar-refractivity contribution in [1.29, 1.82) is 0 Å². The highest BCUT2D eigenvalue weighted by molar-refractivity contribution is 5.61. The van der Waals surface area contributed by atoms with Crippen molar-refractivity contribution in [2.24, 2.45) is 5.41 Å². The largest absolute Gasteiger partial charge is 0.396 e. The molecule has 108 valence electrons. The van der Waals surface area contributed by atoms with Crippen LogP contribution < -0.4 is 5.32 Å². The van der Waals surface area contributed by atoms with Gasteiger partial charge in [-0.05, 0) is 25.0 Å². The Labute approximate surface area is 120 Å². The van der Waals surface area contributed by atoms with Crippen molar-refractivity contribution in [3.05, 3.63) is 43.0 Å².